The second kappa shape index (κ2) is 4.71. The fraction of sp³-hybridized carbons (Fsp3) is 1.00. The lowest BCUT2D eigenvalue weighted by atomic mass is 9.45. The molecule has 1 N–H and O–H groups in total. The maximum atomic E-state index is 14.9. The molecule has 2 heteroatoms. The average molecular weight is 308 g/mol. The van der Waals surface area contributed by atoms with Crippen molar-refractivity contribution >= 4 is 0 Å². The minimum atomic E-state index is -1.38. The summed E-state index contributed by atoms with van der Waals surface area (Å²) >= 11 is 0. The van der Waals surface area contributed by atoms with Crippen LogP contribution in [-0.4, -0.2) is 16.9 Å². The van der Waals surface area contributed by atoms with E-state index in [0.717, 1.165) is 18.3 Å². The van der Waals surface area contributed by atoms with Gasteiger partial charge in [-0.1, -0.05) is 26.7 Å². The summed E-state index contributed by atoms with van der Waals surface area (Å²) in [5, 5.41) is 10.6. The van der Waals surface area contributed by atoms with Gasteiger partial charge in [0.25, 0.3) is 0 Å². The molecule has 0 aromatic rings. The first-order valence-electron chi connectivity index (χ1n) is 9.66. The molecule has 4 rings (SSSR count). The van der Waals surface area contributed by atoms with Gasteiger partial charge in [0, 0.05) is 0 Å². The Morgan fingerprint density at radius 1 is 0.864 bits per heavy atom. The summed E-state index contributed by atoms with van der Waals surface area (Å²) in [6, 6.07) is 0. The molecule has 4 fully saturated rings. The van der Waals surface area contributed by atoms with E-state index in [9.17, 15) is 9.50 Å². The zero-order valence-electron chi connectivity index (χ0n) is 14.6. The molecule has 0 saturated heterocycles. The highest BCUT2D eigenvalue weighted by Crippen LogP contribution is 2.67. The normalized spacial score (nSPS) is 61.2. The molecule has 0 radical (unpaired) electrons. The van der Waals surface area contributed by atoms with Gasteiger partial charge < -0.3 is 5.11 Å². The molecule has 22 heavy (non-hydrogen) atoms. The first kappa shape index (κ1) is 15.4. The zero-order valence-corrected chi connectivity index (χ0v) is 14.6. The van der Waals surface area contributed by atoms with E-state index < -0.39 is 11.8 Å². The Labute approximate surface area is 135 Å². The van der Waals surface area contributed by atoms with Gasteiger partial charge >= 0.3 is 0 Å². The Morgan fingerprint density at radius 3 is 2.41 bits per heavy atom. The summed E-state index contributed by atoms with van der Waals surface area (Å²) in [5.41, 5.74) is -1.05. The summed E-state index contributed by atoms with van der Waals surface area (Å²) in [6.45, 7) is 6.37. The van der Waals surface area contributed by atoms with Crippen LogP contribution in [0.5, 0.6) is 0 Å². The Balaban J connectivity index is 1.67. The van der Waals surface area contributed by atoms with Crippen molar-refractivity contribution in [2.45, 2.75) is 90.3 Å². The molecule has 1 nitrogen and oxygen atoms in total. The first-order valence-corrected chi connectivity index (χ1v) is 9.66. The number of hydrogen-bond donors (Lipinski definition) is 1. The van der Waals surface area contributed by atoms with Crippen molar-refractivity contribution in [3.05, 3.63) is 0 Å². The van der Waals surface area contributed by atoms with Gasteiger partial charge in [-0.25, -0.2) is 4.39 Å². The highest BCUT2D eigenvalue weighted by Gasteiger charge is 2.65. The van der Waals surface area contributed by atoms with Crippen LogP contribution < -0.4 is 0 Å². The summed E-state index contributed by atoms with van der Waals surface area (Å²) < 4.78 is 14.9. The Hall–Kier alpha value is -0.110. The van der Waals surface area contributed by atoms with Gasteiger partial charge in [-0.3, -0.25) is 0 Å². The predicted molar refractivity (Wildman–Crippen MR) is 87.2 cm³/mol. The smallest absolute Gasteiger partial charge is 0.134 e. The lowest BCUT2D eigenvalue weighted by Crippen LogP contribution is -2.53. The van der Waals surface area contributed by atoms with E-state index in [1.165, 1.54) is 44.9 Å². The first-order chi connectivity index (χ1) is 10.3. The summed E-state index contributed by atoms with van der Waals surface area (Å²) in [5.74, 6) is 2.75. The highest BCUT2D eigenvalue weighted by atomic mass is 19.1. The quantitative estimate of drug-likeness (QED) is 0.658. The van der Waals surface area contributed by atoms with Crippen LogP contribution in [0.15, 0.2) is 0 Å². The van der Waals surface area contributed by atoms with E-state index in [0.29, 0.717) is 23.7 Å². The number of hydrogen-bond acceptors (Lipinski definition) is 1. The number of rotatable bonds is 0. The highest BCUT2D eigenvalue weighted by molar-refractivity contribution is 5.14. The molecule has 4 aliphatic rings. The lowest BCUT2D eigenvalue weighted by Gasteiger charge is -2.60. The number of fused-ring (bicyclic) bond motifs is 5. The molecular formula is C20H33FO. The third kappa shape index (κ3) is 1.85. The van der Waals surface area contributed by atoms with Crippen LogP contribution in [0.2, 0.25) is 0 Å². The minimum absolute atomic E-state index is 0.178. The molecule has 0 aromatic carbocycles. The molecule has 0 aliphatic heterocycles. The molecule has 0 amide bonds. The Bertz CT molecular complexity index is 461. The van der Waals surface area contributed by atoms with Gasteiger partial charge in [0.2, 0.25) is 0 Å². The third-order valence-electron chi connectivity index (χ3n) is 8.83. The molecule has 0 aromatic heterocycles. The summed E-state index contributed by atoms with van der Waals surface area (Å²) in [6.07, 6.45) is 10.3. The van der Waals surface area contributed by atoms with Gasteiger partial charge in [-0.2, -0.15) is 0 Å². The largest absolute Gasteiger partial charge is 0.389 e. The summed E-state index contributed by atoms with van der Waals surface area (Å²) in [7, 11) is 0. The fourth-order valence-corrected chi connectivity index (χ4v) is 7.60. The molecular weight excluding hydrogens is 275 g/mol. The van der Waals surface area contributed by atoms with Crippen LogP contribution in [-0.2, 0) is 0 Å². The number of halogens is 1. The molecule has 126 valence electrons. The monoisotopic (exact) mass is 308 g/mol. The van der Waals surface area contributed by atoms with Crippen LogP contribution in [0.1, 0.15) is 78.6 Å². The van der Waals surface area contributed by atoms with Crippen LogP contribution in [0, 0.1) is 34.5 Å². The average Bonchev–Trinajstić information content (AvgIpc) is 2.66. The standard InChI is InChI=1S/C20H33FO/c1-18-10-5-4-6-13(18)7-8-14-15(18)9-11-19(2)16(14)12-20(3,21)17(19)22/h13-17,22H,4-12H2,1-3H3/t13-,14-,15+,16+,17+,18+,19+,20+/m1/s1. The maximum absolute atomic E-state index is 14.9. The van der Waals surface area contributed by atoms with Crippen LogP contribution >= 0.6 is 0 Å². The Kier molecular flexibility index (Phi) is 3.30. The summed E-state index contributed by atoms with van der Waals surface area (Å²) in [4.78, 5) is 0. The van der Waals surface area contributed by atoms with E-state index in [4.69, 9.17) is 0 Å². The van der Waals surface area contributed by atoms with E-state index in [1.54, 1.807) is 6.92 Å². The third-order valence-corrected chi connectivity index (χ3v) is 8.83. The maximum Gasteiger partial charge on any atom is 0.134 e. The van der Waals surface area contributed by atoms with Crippen molar-refractivity contribution in [3.63, 3.8) is 0 Å². The van der Waals surface area contributed by atoms with E-state index >= 15 is 0 Å². The lowest BCUT2D eigenvalue weighted by molar-refractivity contribution is -0.125. The van der Waals surface area contributed by atoms with Crippen molar-refractivity contribution in [2.75, 3.05) is 0 Å². The number of aliphatic hydroxyl groups is 1. The topological polar surface area (TPSA) is 20.2 Å². The molecule has 8 atom stereocenters. The van der Waals surface area contributed by atoms with Crippen LogP contribution in [0.25, 0.3) is 0 Å². The van der Waals surface area contributed by atoms with E-state index in [1.807, 2.05) is 0 Å². The molecule has 4 aliphatic carbocycles. The van der Waals surface area contributed by atoms with Gasteiger partial charge in [0.15, 0.2) is 0 Å². The van der Waals surface area contributed by atoms with Crippen molar-refractivity contribution in [1.29, 1.82) is 0 Å². The zero-order chi connectivity index (χ0) is 15.8. The number of alkyl halides is 1. The van der Waals surface area contributed by atoms with Crippen molar-refractivity contribution < 1.29 is 9.50 Å². The molecule has 4 saturated carbocycles. The predicted octanol–water partition coefficient (Wildman–Crippen LogP) is 5.12. The van der Waals surface area contributed by atoms with Gasteiger partial charge in [-0.05, 0) is 86.4 Å². The van der Waals surface area contributed by atoms with E-state index in [-0.39, 0.29) is 5.41 Å². The SMILES string of the molecule is C[C@]12CCCC[C@@H]1CC[C@@H]1[C@@H]2CC[C@@]2(C)[C@H]1C[C@](C)(F)[C@H]2O. The molecule has 0 spiro atoms. The molecule has 0 bridgehead atoms. The second-order valence-corrected chi connectivity index (χ2v) is 9.83. The van der Waals surface area contributed by atoms with Crippen molar-refractivity contribution in [1.82, 2.24) is 0 Å². The Morgan fingerprint density at radius 2 is 1.64 bits per heavy atom. The van der Waals surface area contributed by atoms with Gasteiger partial charge in [0.1, 0.15) is 5.67 Å². The van der Waals surface area contributed by atoms with Crippen molar-refractivity contribution in [2.24, 2.45) is 34.5 Å². The molecule has 0 unspecified atom stereocenters. The van der Waals surface area contributed by atoms with Crippen LogP contribution in [0.3, 0.4) is 0 Å². The van der Waals surface area contributed by atoms with Crippen molar-refractivity contribution in [3.8, 4) is 0 Å². The van der Waals surface area contributed by atoms with Crippen LogP contribution in [0.4, 0.5) is 4.39 Å². The molecule has 0 heterocycles. The second-order valence-electron chi connectivity index (χ2n) is 9.83. The fourth-order valence-electron chi connectivity index (χ4n) is 7.60. The minimum Gasteiger partial charge on any atom is -0.389 e. The number of aliphatic hydroxyl groups excluding tert-OH is 1. The van der Waals surface area contributed by atoms with E-state index in [2.05, 4.69) is 13.8 Å². The van der Waals surface area contributed by atoms with Gasteiger partial charge in [-0.15, -0.1) is 0 Å². The van der Waals surface area contributed by atoms with Gasteiger partial charge in [0.05, 0.1) is 6.10 Å².